The second-order valence-corrected chi connectivity index (χ2v) is 6.35. The summed E-state index contributed by atoms with van der Waals surface area (Å²) in [4.78, 5) is 22.0. The molecule has 7 nitrogen and oxygen atoms in total. The van der Waals surface area contributed by atoms with E-state index in [1.165, 1.54) is 26.2 Å². The molecule has 1 unspecified atom stereocenters. The molecule has 0 saturated carbocycles. The summed E-state index contributed by atoms with van der Waals surface area (Å²) in [6.45, 7) is 1.22. The van der Waals surface area contributed by atoms with Crippen LogP contribution in [0.3, 0.4) is 0 Å². The number of methoxy groups -OCH3 is 1. The highest BCUT2D eigenvalue weighted by molar-refractivity contribution is 7.88. The highest BCUT2D eigenvalue weighted by Gasteiger charge is 2.17. The van der Waals surface area contributed by atoms with Crippen molar-refractivity contribution in [1.82, 2.24) is 4.72 Å². The molecule has 116 valence electrons. The Morgan fingerprint density at radius 3 is 2.62 bits per heavy atom. The lowest BCUT2D eigenvalue weighted by Crippen LogP contribution is -2.32. The number of aliphatic carboxylic acids is 1. The van der Waals surface area contributed by atoms with Gasteiger partial charge in [-0.05, 0) is 17.7 Å². The Morgan fingerprint density at radius 1 is 1.38 bits per heavy atom. The summed E-state index contributed by atoms with van der Waals surface area (Å²) in [5, 5.41) is 8.71. The number of carboxylic acids is 1. The summed E-state index contributed by atoms with van der Waals surface area (Å²) in [6, 6.07) is 6.05. The Morgan fingerprint density at radius 2 is 2.05 bits per heavy atom. The quantitative estimate of drug-likeness (QED) is 0.714. The molecule has 1 atom stereocenters. The van der Waals surface area contributed by atoms with Gasteiger partial charge in [0.25, 0.3) is 0 Å². The van der Waals surface area contributed by atoms with Gasteiger partial charge in [-0.2, -0.15) is 0 Å². The van der Waals surface area contributed by atoms with E-state index in [0.717, 1.165) is 0 Å². The van der Waals surface area contributed by atoms with Crippen LogP contribution in [-0.4, -0.2) is 39.1 Å². The fraction of sp³-hybridized carbons (Fsp3) is 0.385. The largest absolute Gasteiger partial charge is 0.481 e. The maximum atomic E-state index is 11.9. The minimum Gasteiger partial charge on any atom is -0.481 e. The maximum Gasteiger partial charge on any atom is 0.337 e. The van der Waals surface area contributed by atoms with Gasteiger partial charge >= 0.3 is 11.9 Å². The first-order chi connectivity index (χ1) is 9.75. The summed E-state index contributed by atoms with van der Waals surface area (Å²) in [7, 11) is -2.44. The number of benzene rings is 1. The van der Waals surface area contributed by atoms with Gasteiger partial charge in [0.1, 0.15) is 0 Å². The van der Waals surface area contributed by atoms with E-state index in [4.69, 9.17) is 5.11 Å². The average molecular weight is 315 g/mol. The molecular formula is C13H17NO6S. The topological polar surface area (TPSA) is 110 Å². The monoisotopic (exact) mass is 315 g/mol. The van der Waals surface area contributed by atoms with E-state index in [1.54, 1.807) is 12.1 Å². The molecular weight excluding hydrogens is 298 g/mol. The molecule has 21 heavy (non-hydrogen) atoms. The Kier molecular flexibility index (Phi) is 5.86. The molecule has 8 heteroatoms. The number of hydrogen-bond acceptors (Lipinski definition) is 5. The lowest BCUT2D eigenvalue weighted by Gasteiger charge is -2.10. The molecule has 2 N–H and O–H groups in total. The van der Waals surface area contributed by atoms with Crippen LogP contribution in [0.4, 0.5) is 0 Å². The second-order valence-electron chi connectivity index (χ2n) is 4.54. The molecule has 1 rings (SSSR count). The molecule has 0 heterocycles. The number of carbonyl (C=O) groups is 2. The van der Waals surface area contributed by atoms with E-state index in [9.17, 15) is 18.0 Å². The van der Waals surface area contributed by atoms with Crippen molar-refractivity contribution < 1.29 is 27.9 Å². The maximum absolute atomic E-state index is 11.9. The fourth-order valence-corrected chi connectivity index (χ4v) is 2.74. The molecule has 0 aliphatic rings. The highest BCUT2D eigenvalue weighted by atomic mass is 32.2. The molecule has 0 fully saturated rings. The van der Waals surface area contributed by atoms with Crippen LogP contribution in [0.5, 0.6) is 0 Å². The number of carbonyl (C=O) groups excluding carboxylic acids is 1. The van der Waals surface area contributed by atoms with Gasteiger partial charge in [-0.15, -0.1) is 0 Å². The summed E-state index contributed by atoms with van der Waals surface area (Å²) < 4.78 is 30.5. The third-order valence-corrected chi connectivity index (χ3v) is 4.06. The fourth-order valence-electron chi connectivity index (χ4n) is 1.52. The van der Waals surface area contributed by atoms with Gasteiger partial charge in [0.05, 0.1) is 24.3 Å². The van der Waals surface area contributed by atoms with E-state index in [0.29, 0.717) is 5.56 Å². The van der Waals surface area contributed by atoms with Crippen LogP contribution in [0.15, 0.2) is 24.3 Å². The molecule has 0 aromatic heterocycles. The van der Waals surface area contributed by atoms with Crippen molar-refractivity contribution in [3.8, 4) is 0 Å². The van der Waals surface area contributed by atoms with Gasteiger partial charge < -0.3 is 9.84 Å². The number of hydrogen-bond donors (Lipinski definition) is 2. The molecule has 0 aliphatic carbocycles. The van der Waals surface area contributed by atoms with Gasteiger partial charge in [-0.3, -0.25) is 4.79 Å². The standard InChI is InChI=1S/C13H17NO6S/c1-9(12(15)16)7-14-21(18,19)8-10-4-3-5-11(6-10)13(17)20-2/h3-6,9,14H,7-8H2,1-2H3,(H,15,16). The Hall–Kier alpha value is -1.93. The van der Waals surface area contributed by atoms with Crippen LogP contribution in [0.25, 0.3) is 0 Å². The van der Waals surface area contributed by atoms with Crippen molar-refractivity contribution in [3.05, 3.63) is 35.4 Å². The summed E-state index contributed by atoms with van der Waals surface area (Å²) in [5.74, 6) is -2.79. The van der Waals surface area contributed by atoms with Crippen molar-refractivity contribution in [2.45, 2.75) is 12.7 Å². The van der Waals surface area contributed by atoms with E-state index in [1.807, 2.05) is 0 Å². The number of sulfonamides is 1. The van der Waals surface area contributed by atoms with E-state index in [2.05, 4.69) is 9.46 Å². The van der Waals surface area contributed by atoms with Crippen molar-refractivity contribution in [2.75, 3.05) is 13.7 Å². The van der Waals surface area contributed by atoms with E-state index in [-0.39, 0.29) is 17.9 Å². The molecule has 0 aliphatic heterocycles. The summed E-state index contributed by atoms with van der Waals surface area (Å²) in [5.41, 5.74) is 0.664. The van der Waals surface area contributed by atoms with Crippen LogP contribution in [-0.2, 0) is 25.3 Å². The summed E-state index contributed by atoms with van der Waals surface area (Å²) >= 11 is 0. The van der Waals surface area contributed by atoms with Gasteiger partial charge in [0.15, 0.2) is 0 Å². The Labute approximate surface area is 123 Å². The predicted molar refractivity (Wildman–Crippen MR) is 75.2 cm³/mol. The number of nitrogens with one attached hydrogen (secondary N) is 1. The third-order valence-electron chi connectivity index (χ3n) is 2.74. The SMILES string of the molecule is COC(=O)c1cccc(CS(=O)(=O)NCC(C)C(=O)O)c1. The normalized spacial score (nSPS) is 12.7. The number of rotatable bonds is 7. The Bertz CT molecular complexity index is 625. The molecule has 0 amide bonds. The number of esters is 1. The summed E-state index contributed by atoms with van der Waals surface area (Å²) in [6.07, 6.45) is 0. The van der Waals surface area contributed by atoms with E-state index >= 15 is 0 Å². The van der Waals surface area contributed by atoms with Crippen LogP contribution < -0.4 is 4.72 Å². The first-order valence-electron chi connectivity index (χ1n) is 6.12. The lowest BCUT2D eigenvalue weighted by molar-refractivity contribution is -0.140. The van der Waals surface area contributed by atoms with Crippen molar-refractivity contribution in [1.29, 1.82) is 0 Å². The second kappa shape index (κ2) is 7.19. The molecule has 1 aromatic rings. The van der Waals surface area contributed by atoms with E-state index < -0.39 is 27.9 Å². The minimum absolute atomic E-state index is 0.186. The highest BCUT2D eigenvalue weighted by Crippen LogP contribution is 2.10. The van der Waals surface area contributed by atoms with Gasteiger partial charge in [-0.1, -0.05) is 19.1 Å². The zero-order valence-corrected chi connectivity index (χ0v) is 12.5. The third kappa shape index (κ3) is 5.52. The number of ether oxygens (including phenoxy) is 1. The molecule has 0 radical (unpaired) electrons. The van der Waals surface area contributed by atoms with Crippen LogP contribution in [0.1, 0.15) is 22.8 Å². The van der Waals surface area contributed by atoms with Crippen molar-refractivity contribution in [2.24, 2.45) is 5.92 Å². The minimum atomic E-state index is -3.68. The first-order valence-corrected chi connectivity index (χ1v) is 7.78. The van der Waals surface area contributed by atoms with Crippen molar-refractivity contribution in [3.63, 3.8) is 0 Å². The smallest absolute Gasteiger partial charge is 0.337 e. The average Bonchev–Trinajstić information content (AvgIpc) is 2.43. The Balaban J connectivity index is 2.75. The van der Waals surface area contributed by atoms with Crippen LogP contribution in [0, 0.1) is 5.92 Å². The zero-order chi connectivity index (χ0) is 16.0. The lowest BCUT2D eigenvalue weighted by atomic mass is 10.1. The molecule has 0 spiro atoms. The first kappa shape index (κ1) is 17.1. The predicted octanol–water partition coefficient (Wildman–Crippen LogP) is 0.613. The van der Waals surface area contributed by atoms with Gasteiger partial charge in [0.2, 0.25) is 10.0 Å². The van der Waals surface area contributed by atoms with Gasteiger partial charge in [0, 0.05) is 6.54 Å². The molecule has 1 aromatic carbocycles. The van der Waals surface area contributed by atoms with Crippen LogP contribution in [0.2, 0.25) is 0 Å². The number of carboxylic acid groups (broad SMARTS) is 1. The van der Waals surface area contributed by atoms with Gasteiger partial charge in [-0.25, -0.2) is 17.9 Å². The zero-order valence-electron chi connectivity index (χ0n) is 11.7. The molecule has 0 saturated heterocycles. The van der Waals surface area contributed by atoms with Crippen molar-refractivity contribution >= 4 is 22.0 Å². The van der Waals surface area contributed by atoms with Crippen LogP contribution >= 0.6 is 0 Å². The molecule has 0 bridgehead atoms.